The van der Waals surface area contributed by atoms with Gasteiger partial charge < -0.3 is 10.6 Å². The van der Waals surface area contributed by atoms with Gasteiger partial charge in [-0.2, -0.15) is 0 Å². The SMILES string of the molecule is CCNC(=O)c1cccc(CNC(=O)C(c2ccccc2)N2CCS(=O)(=O)CC2)c1. The normalized spacial score (nSPS) is 17.1. The van der Waals surface area contributed by atoms with Gasteiger partial charge in [0.15, 0.2) is 9.84 Å². The summed E-state index contributed by atoms with van der Waals surface area (Å²) in [4.78, 5) is 27.1. The number of hydrogen-bond donors (Lipinski definition) is 2. The first-order valence-corrected chi connectivity index (χ1v) is 11.9. The number of rotatable bonds is 7. The van der Waals surface area contributed by atoms with Gasteiger partial charge in [0.05, 0.1) is 11.5 Å². The standard InChI is InChI=1S/C22H27N3O4S/c1-2-23-21(26)19-10-6-7-17(15-19)16-24-22(27)20(18-8-4-3-5-9-18)25-11-13-30(28,29)14-12-25/h3-10,15,20H,2,11-14,16H2,1H3,(H,23,26)(H,24,27). The summed E-state index contributed by atoms with van der Waals surface area (Å²) < 4.78 is 23.6. The number of carbonyl (C=O) groups is 2. The van der Waals surface area contributed by atoms with Crippen molar-refractivity contribution in [2.75, 3.05) is 31.1 Å². The Morgan fingerprint density at radius 3 is 2.37 bits per heavy atom. The zero-order chi connectivity index (χ0) is 21.6. The molecule has 2 N–H and O–H groups in total. The molecule has 30 heavy (non-hydrogen) atoms. The van der Waals surface area contributed by atoms with Crippen molar-refractivity contribution in [1.82, 2.24) is 15.5 Å². The molecule has 8 heteroatoms. The molecule has 1 unspecified atom stereocenters. The number of benzene rings is 2. The number of nitrogens with one attached hydrogen (secondary N) is 2. The third-order valence-electron chi connectivity index (χ3n) is 5.10. The van der Waals surface area contributed by atoms with Crippen LogP contribution in [0.15, 0.2) is 54.6 Å². The van der Waals surface area contributed by atoms with Crippen molar-refractivity contribution in [3.8, 4) is 0 Å². The first-order valence-electron chi connectivity index (χ1n) is 10.0. The number of nitrogens with zero attached hydrogens (tertiary/aromatic N) is 1. The highest BCUT2D eigenvalue weighted by atomic mass is 32.2. The molecule has 0 aliphatic carbocycles. The van der Waals surface area contributed by atoms with Crippen LogP contribution in [0.25, 0.3) is 0 Å². The largest absolute Gasteiger partial charge is 0.352 e. The molecule has 0 saturated carbocycles. The van der Waals surface area contributed by atoms with E-state index in [1.54, 1.807) is 18.2 Å². The lowest BCUT2D eigenvalue weighted by Crippen LogP contribution is -2.47. The Morgan fingerprint density at radius 1 is 1.00 bits per heavy atom. The van der Waals surface area contributed by atoms with E-state index in [1.165, 1.54) is 0 Å². The molecule has 0 bridgehead atoms. The van der Waals surface area contributed by atoms with Crippen molar-refractivity contribution < 1.29 is 18.0 Å². The molecule has 2 aromatic carbocycles. The van der Waals surface area contributed by atoms with E-state index in [1.807, 2.05) is 48.2 Å². The molecule has 1 saturated heterocycles. The van der Waals surface area contributed by atoms with Gasteiger partial charge in [-0.25, -0.2) is 8.42 Å². The van der Waals surface area contributed by atoms with Crippen molar-refractivity contribution >= 4 is 21.7 Å². The molecule has 7 nitrogen and oxygen atoms in total. The van der Waals surface area contributed by atoms with Gasteiger partial charge in [-0.1, -0.05) is 42.5 Å². The third-order valence-corrected chi connectivity index (χ3v) is 6.71. The van der Waals surface area contributed by atoms with Gasteiger partial charge in [0, 0.05) is 31.7 Å². The van der Waals surface area contributed by atoms with Crippen LogP contribution in [0.2, 0.25) is 0 Å². The molecular weight excluding hydrogens is 402 g/mol. The van der Waals surface area contributed by atoms with E-state index in [2.05, 4.69) is 10.6 Å². The predicted molar refractivity (Wildman–Crippen MR) is 116 cm³/mol. The van der Waals surface area contributed by atoms with Gasteiger partial charge >= 0.3 is 0 Å². The zero-order valence-corrected chi connectivity index (χ0v) is 17.8. The van der Waals surface area contributed by atoms with E-state index in [9.17, 15) is 18.0 Å². The molecule has 0 radical (unpaired) electrons. The van der Waals surface area contributed by atoms with Crippen LogP contribution in [0.5, 0.6) is 0 Å². The maximum absolute atomic E-state index is 13.1. The maximum Gasteiger partial charge on any atom is 0.251 e. The molecule has 1 atom stereocenters. The molecule has 1 fully saturated rings. The zero-order valence-electron chi connectivity index (χ0n) is 17.0. The molecule has 1 aliphatic rings. The van der Waals surface area contributed by atoms with E-state index in [0.717, 1.165) is 11.1 Å². The minimum atomic E-state index is -3.04. The average Bonchev–Trinajstić information content (AvgIpc) is 2.75. The van der Waals surface area contributed by atoms with E-state index in [-0.39, 0.29) is 29.9 Å². The summed E-state index contributed by atoms with van der Waals surface area (Å²) in [5.41, 5.74) is 2.19. The minimum Gasteiger partial charge on any atom is -0.352 e. The molecule has 1 aliphatic heterocycles. The van der Waals surface area contributed by atoms with Crippen LogP contribution in [0, 0.1) is 0 Å². The van der Waals surface area contributed by atoms with E-state index in [4.69, 9.17) is 0 Å². The van der Waals surface area contributed by atoms with Crippen LogP contribution in [-0.4, -0.2) is 56.3 Å². The lowest BCUT2D eigenvalue weighted by Gasteiger charge is -2.33. The quantitative estimate of drug-likeness (QED) is 0.696. The van der Waals surface area contributed by atoms with E-state index in [0.29, 0.717) is 25.2 Å². The minimum absolute atomic E-state index is 0.0538. The second-order valence-corrected chi connectivity index (χ2v) is 9.58. The molecule has 0 aromatic heterocycles. The van der Waals surface area contributed by atoms with Crippen LogP contribution in [0.1, 0.15) is 34.5 Å². The van der Waals surface area contributed by atoms with Crippen molar-refractivity contribution in [2.24, 2.45) is 0 Å². The second-order valence-electron chi connectivity index (χ2n) is 7.28. The lowest BCUT2D eigenvalue weighted by atomic mass is 10.0. The Hall–Kier alpha value is -2.71. The van der Waals surface area contributed by atoms with Crippen molar-refractivity contribution in [3.05, 3.63) is 71.3 Å². The highest BCUT2D eigenvalue weighted by Gasteiger charge is 2.32. The number of sulfone groups is 1. The van der Waals surface area contributed by atoms with Crippen molar-refractivity contribution in [1.29, 1.82) is 0 Å². The van der Waals surface area contributed by atoms with Crippen LogP contribution in [0.4, 0.5) is 0 Å². The molecule has 2 amide bonds. The maximum atomic E-state index is 13.1. The Labute approximate surface area is 177 Å². The smallest absolute Gasteiger partial charge is 0.251 e. The summed E-state index contributed by atoms with van der Waals surface area (Å²) in [5.74, 6) is -0.234. The van der Waals surface area contributed by atoms with Crippen LogP contribution in [-0.2, 0) is 21.2 Å². The van der Waals surface area contributed by atoms with E-state index < -0.39 is 15.9 Å². The van der Waals surface area contributed by atoms with Gasteiger partial charge in [-0.05, 0) is 30.2 Å². The van der Waals surface area contributed by atoms with Crippen LogP contribution in [0.3, 0.4) is 0 Å². The van der Waals surface area contributed by atoms with Gasteiger partial charge in [-0.15, -0.1) is 0 Å². The van der Waals surface area contributed by atoms with Crippen molar-refractivity contribution in [2.45, 2.75) is 19.5 Å². The Bertz CT molecular complexity index is 978. The highest BCUT2D eigenvalue weighted by Crippen LogP contribution is 2.23. The number of amides is 2. The fourth-order valence-corrected chi connectivity index (χ4v) is 4.75. The summed E-state index contributed by atoms with van der Waals surface area (Å²) >= 11 is 0. The summed E-state index contributed by atoms with van der Waals surface area (Å²) in [7, 11) is -3.04. The molecular formula is C22H27N3O4S. The third kappa shape index (κ3) is 5.67. The molecule has 160 valence electrons. The predicted octanol–water partition coefficient (Wildman–Crippen LogP) is 1.52. The van der Waals surface area contributed by atoms with Gasteiger partial charge in [0.25, 0.3) is 5.91 Å². The Morgan fingerprint density at radius 2 is 1.70 bits per heavy atom. The van der Waals surface area contributed by atoms with Gasteiger partial charge in [0.2, 0.25) is 5.91 Å². The fraction of sp³-hybridized carbons (Fsp3) is 0.364. The molecule has 3 rings (SSSR count). The lowest BCUT2D eigenvalue weighted by molar-refractivity contribution is -0.126. The highest BCUT2D eigenvalue weighted by molar-refractivity contribution is 7.91. The summed E-state index contributed by atoms with van der Waals surface area (Å²) in [6.45, 7) is 3.33. The summed E-state index contributed by atoms with van der Waals surface area (Å²) in [6.07, 6.45) is 0. The first kappa shape index (κ1) is 22.0. The molecule has 0 spiro atoms. The molecule has 2 aromatic rings. The van der Waals surface area contributed by atoms with Gasteiger partial charge in [-0.3, -0.25) is 14.5 Å². The Kier molecular flexibility index (Phi) is 7.23. The summed E-state index contributed by atoms with van der Waals surface area (Å²) in [6, 6.07) is 15.9. The van der Waals surface area contributed by atoms with Crippen molar-refractivity contribution in [3.63, 3.8) is 0 Å². The fourth-order valence-electron chi connectivity index (χ4n) is 3.52. The number of hydrogen-bond acceptors (Lipinski definition) is 5. The van der Waals surface area contributed by atoms with Crippen LogP contribution >= 0.6 is 0 Å². The number of carbonyl (C=O) groups excluding carboxylic acids is 2. The average molecular weight is 430 g/mol. The van der Waals surface area contributed by atoms with E-state index >= 15 is 0 Å². The van der Waals surface area contributed by atoms with Crippen LogP contribution < -0.4 is 10.6 Å². The second kappa shape index (κ2) is 9.86. The first-order chi connectivity index (χ1) is 14.4. The van der Waals surface area contributed by atoms with Gasteiger partial charge in [0.1, 0.15) is 6.04 Å². The Balaban J connectivity index is 1.73. The molecule has 1 heterocycles. The monoisotopic (exact) mass is 429 g/mol. The topological polar surface area (TPSA) is 95.6 Å². The summed E-state index contributed by atoms with van der Waals surface area (Å²) in [5, 5.41) is 5.71.